The number of carbonyl (C=O) groups excluding carboxylic acids is 1. The minimum atomic E-state index is -1.01. The second-order valence-electron chi connectivity index (χ2n) is 6.31. The van der Waals surface area contributed by atoms with Crippen molar-refractivity contribution < 1.29 is 9.90 Å². The zero-order chi connectivity index (χ0) is 14.6. The van der Waals surface area contributed by atoms with Crippen LogP contribution in [0.2, 0.25) is 0 Å². The van der Waals surface area contributed by atoms with Gasteiger partial charge in [0.25, 0.3) is 0 Å². The van der Waals surface area contributed by atoms with Gasteiger partial charge in [-0.15, -0.1) is 11.3 Å². The Bertz CT molecular complexity index is 437. The highest BCUT2D eigenvalue weighted by molar-refractivity contribution is 7.10. The molecule has 0 aliphatic heterocycles. The summed E-state index contributed by atoms with van der Waals surface area (Å²) >= 11 is 1.49. The summed E-state index contributed by atoms with van der Waals surface area (Å²) in [4.78, 5) is 12.7. The van der Waals surface area contributed by atoms with Gasteiger partial charge in [-0.05, 0) is 36.6 Å². The van der Waals surface area contributed by atoms with Crippen molar-refractivity contribution in [3.05, 3.63) is 22.4 Å². The van der Waals surface area contributed by atoms with Gasteiger partial charge in [-0.25, -0.2) is 4.79 Å². The predicted octanol–water partition coefficient (Wildman–Crippen LogP) is 2.84. The Labute approximate surface area is 124 Å². The van der Waals surface area contributed by atoms with Gasteiger partial charge in [-0.2, -0.15) is 0 Å². The predicted molar refractivity (Wildman–Crippen MR) is 81.9 cm³/mol. The number of hydrogen-bond donors (Lipinski definition) is 3. The third-order valence-electron chi connectivity index (χ3n) is 4.13. The molecule has 4 nitrogen and oxygen atoms in total. The fraction of sp³-hybridized carbons (Fsp3) is 0.667. The first-order valence-electron chi connectivity index (χ1n) is 7.19. The van der Waals surface area contributed by atoms with Crippen molar-refractivity contribution in [2.24, 2.45) is 5.41 Å². The first-order valence-corrected chi connectivity index (χ1v) is 8.07. The molecule has 1 aromatic rings. The maximum Gasteiger partial charge on any atom is 0.314 e. The van der Waals surface area contributed by atoms with Crippen LogP contribution in [0, 0.1) is 5.41 Å². The Morgan fingerprint density at radius 3 is 2.75 bits per heavy atom. The highest BCUT2D eigenvalue weighted by Gasteiger charge is 2.29. The highest BCUT2D eigenvalue weighted by Crippen LogP contribution is 2.36. The van der Waals surface area contributed by atoms with E-state index in [0.717, 1.165) is 4.88 Å². The number of carbonyl (C=O) groups is 1. The van der Waals surface area contributed by atoms with E-state index in [9.17, 15) is 9.90 Å². The van der Waals surface area contributed by atoms with Crippen molar-refractivity contribution in [3.8, 4) is 0 Å². The number of nitrogens with one attached hydrogen (secondary N) is 2. The summed E-state index contributed by atoms with van der Waals surface area (Å²) in [6, 6.07) is 3.58. The quantitative estimate of drug-likeness (QED) is 0.782. The van der Waals surface area contributed by atoms with Crippen molar-refractivity contribution in [2.45, 2.75) is 45.1 Å². The van der Waals surface area contributed by atoms with Crippen LogP contribution in [0.4, 0.5) is 4.79 Å². The normalized spacial score (nSPS) is 20.4. The maximum absolute atomic E-state index is 11.8. The molecule has 3 N–H and O–H groups in total. The molecular formula is C15H24N2O2S. The van der Waals surface area contributed by atoms with Gasteiger partial charge >= 0.3 is 6.03 Å². The summed E-state index contributed by atoms with van der Waals surface area (Å²) in [5.41, 5.74) is -0.767. The number of aliphatic hydroxyl groups is 1. The van der Waals surface area contributed by atoms with Crippen molar-refractivity contribution in [1.29, 1.82) is 0 Å². The number of amides is 2. The zero-order valence-corrected chi connectivity index (χ0v) is 13.1. The molecule has 0 spiro atoms. The first kappa shape index (κ1) is 15.3. The van der Waals surface area contributed by atoms with Gasteiger partial charge in [0.05, 0.1) is 6.54 Å². The van der Waals surface area contributed by atoms with E-state index in [1.807, 2.05) is 17.5 Å². The Hall–Kier alpha value is -1.07. The standard InChI is InChI=1S/C15H24N2O2S/c1-14(7-3-4-8-14)10-16-13(18)17-11-15(2,19)12-6-5-9-20-12/h5-6,9,19H,3-4,7-8,10-11H2,1-2H3,(H2,16,17,18). The smallest absolute Gasteiger partial charge is 0.314 e. The molecule has 1 fully saturated rings. The summed E-state index contributed by atoms with van der Waals surface area (Å²) in [6.07, 6.45) is 4.88. The average Bonchev–Trinajstić information content (AvgIpc) is 3.06. The van der Waals surface area contributed by atoms with Gasteiger partial charge in [0, 0.05) is 11.4 Å². The van der Waals surface area contributed by atoms with Gasteiger partial charge in [0.15, 0.2) is 0 Å². The molecule has 1 aliphatic rings. The summed E-state index contributed by atoms with van der Waals surface area (Å²) in [5.74, 6) is 0. The number of thiophene rings is 1. The second kappa shape index (κ2) is 6.14. The third kappa shape index (κ3) is 3.96. The Morgan fingerprint density at radius 1 is 1.45 bits per heavy atom. The lowest BCUT2D eigenvalue weighted by Gasteiger charge is -2.25. The van der Waals surface area contributed by atoms with Crippen LogP contribution in [-0.4, -0.2) is 24.2 Å². The average molecular weight is 296 g/mol. The van der Waals surface area contributed by atoms with Crippen LogP contribution in [-0.2, 0) is 5.60 Å². The monoisotopic (exact) mass is 296 g/mol. The van der Waals surface area contributed by atoms with Crippen LogP contribution in [0.3, 0.4) is 0 Å². The van der Waals surface area contributed by atoms with E-state index in [1.165, 1.54) is 37.0 Å². The van der Waals surface area contributed by atoms with E-state index in [4.69, 9.17) is 0 Å². The van der Waals surface area contributed by atoms with Gasteiger partial charge in [-0.1, -0.05) is 25.8 Å². The molecular weight excluding hydrogens is 272 g/mol. The van der Waals surface area contributed by atoms with Gasteiger partial charge in [0.2, 0.25) is 0 Å². The number of rotatable bonds is 5. The van der Waals surface area contributed by atoms with Crippen LogP contribution >= 0.6 is 11.3 Å². The van der Waals surface area contributed by atoms with Gasteiger partial charge in [0.1, 0.15) is 5.60 Å². The molecule has 1 aromatic heterocycles. The summed E-state index contributed by atoms with van der Waals surface area (Å²) in [7, 11) is 0. The van der Waals surface area contributed by atoms with E-state index < -0.39 is 5.60 Å². The molecule has 5 heteroatoms. The van der Waals surface area contributed by atoms with E-state index in [1.54, 1.807) is 6.92 Å². The third-order valence-corrected chi connectivity index (χ3v) is 5.25. The molecule has 0 bridgehead atoms. The van der Waals surface area contributed by atoms with Crippen LogP contribution in [0.5, 0.6) is 0 Å². The molecule has 112 valence electrons. The fourth-order valence-electron chi connectivity index (χ4n) is 2.69. The van der Waals surface area contributed by atoms with Crippen molar-refractivity contribution in [3.63, 3.8) is 0 Å². The van der Waals surface area contributed by atoms with E-state index in [0.29, 0.717) is 6.54 Å². The van der Waals surface area contributed by atoms with Crippen molar-refractivity contribution in [1.82, 2.24) is 10.6 Å². The lowest BCUT2D eigenvalue weighted by molar-refractivity contribution is 0.0630. The largest absolute Gasteiger partial charge is 0.383 e. The van der Waals surface area contributed by atoms with Crippen molar-refractivity contribution in [2.75, 3.05) is 13.1 Å². The van der Waals surface area contributed by atoms with Gasteiger partial charge < -0.3 is 15.7 Å². The molecule has 0 saturated heterocycles. The SMILES string of the molecule is CC1(CNC(=O)NCC(C)(O)c2cccs2)CCCC1. The molecule has 1 unspecified atom stereocenters. The van der Waals surface area contributed by atoms with Crippen LogP contribution < -0.4 is 10.6 Å². The lowest BCUT2D eigenvalue weighted by Crippen LogP contribution is -2.45. The minimum Gasteiger partial charge on any atom is -0.383 e. The lowest BCUT2D eigenvalue weighted by atomic mass is 9.89. The fourth-order valence-corrected chi connectivity index (χ4v) is 3.47. The summed E-state index contributed by atoms with van der Waals surface area (Å²) in [6.45, 7) is 4.87. The van der Waals surface area contributed by atoms with Crippen LogP contribution in [0.25, 0.3) is 0 Å². The molecule has 2 amide bonds. The van der Waals surface area contributed by atoms with Gasteiger partial charge in [-0.3, -0.25) is 0 Å². The molecule has 1 atom stereocenters. The molecule has 0 aromatic carbocycles. The number of hydrogen-bond acceptors (Lipinski definition) is 3. The molecule has 1 aliphatic carbocycles. The van der Waals surface area contributed by atoms with Crippen molar-refractivity contribution >= 4 is 17.4 Å². The molecule has 0 radical (unpaired) electrons. The molecule has 1 saturated carbocycles. The Kier molecular flexibility index (Phi) is 4.70. The van der Waals surface area contributed by atoms with E-state index in [-0.39, 0.29) is 18.0 Å². The minimum absolute atomic E-state index is 0.199. The molecule has 20 heavy (non-hydrogen) atoms. The van der Waals surface area contributed by atoms with E-state index in [2.05, 4.69) is 17.6 Å². The molecule has 2 rings (SSSR count). The Balaban J connectivity index is 1.75. The zero-order valence-electron chi connectivity index (χ0n) is 12.2. The maximum atomic E-state index is 11.8. The van der Waals surface area contributed by atoms with Crippen LogP contribution in [0.15, 0.2) is 17.5 Å². The highest BCUT2D eigenvalue weighted by atomic mass is 32.1. The molecule has 1 heterocycles. The van der Waals surface area contributed by atoms with Crippen LogP contribution in [0.1, 0.15) is 44.4 Å². The second-order valence-corrected chi connectivity index (χ2v) is 7.25. The Morgan fingerprint density at radius 2 is 2.15 bits per heavy atom. The number of urea groups is 1. The topological polar surface area (TPSA) is 61.4 Å². The van der Waals surface area contributed by atoms with E-state index >= 15 is 0 Å². The first-order chi connectivity index (χ1) is 9.41. The summed E-state index contributed by atoms with van der Waals surface area (Å²) < 4.78 is 0. The summed E-state index contributed by atoms with van der Waals surface area (Å²) in [5, 5.41) is 17.9.